The van der Waals surface area contributed by atoms with Crippen molar-refractivity contribution < 1.29 is 14.3 Å². The molecule has 2 bridgehead atoms. The minimum absolute atomic E-state index is 0.165. The summed E-state index contributed by atoms with van der Waals surface area (Å²) in [6.07, 6.45) is 8.93. The summed E-state index contributed by atoms with van der Waals surface area (Å²) in [5, 5.41) is 0. The number of amides is 1. The van der Waals surface area contributed by atoms with Crippen LogP contribution in [0, 0.1) is 0 Å². The van der Waals surface area contributed by atoms with Gasteiger partial charge in [0, 0.05) is 49.9 Å². The van der Waals surface area contributed by atoms with E-state index in [2.05, 4.69) is 45.3 Å². The van der Waals surface area contributed by atoms with Crippen LogP contribution in [-0.2, 0) is 17.7 Å². The summed E-state index contributed by atoms with van der Waals surface area (Å²) in [6, 6.07) is 18.6. The third-order valence-corrected chi connectivity index (χ3v) is 5.88. The molecule has 7 heteroatoms. The Morgan fingerprint density at radius 1 is 0.829 bits per heavy atom. The first-order chi connectivity index (χ1) is 17.3. The van der Waals surface area contributed by atoms with Gasteiger partial charge < -0.3 is 14.4 Å². The molecule has 0 saturated carbocycles. The molecule has 0 fully saturated rings. The van der Waals surface area contributed by atoms with E-state index < -0.39 is 0 Å². The average molecular weight is 467 g/mol. The average Bonchev–Trinajstić information content (AvgIpc) is 2.91. The van der Waals surface area contributed by atoms with Gasteiger partial charge in [-0.3, -0.25) is 14.8 Å². The van der Waals surface area contributed by atoms with Crippen LogP contribution in [0.4, 0.5) is 0 Å². The number of benzene rings is 2. The van der Waals surface area contributed by atoms with Crippen LogP contribution >= 0.6 is 0 Å². The maximum Gasteiger partial charge on any atom is 0.274 e. The lowest BCUT2D eigenvalue weighted by Gasteiger charge is -2.23. The summed E-state index contributed by atoms with van der Waals surface area (Å²) in [6.45, 7) is 2.18. The number of carbonyl (C=O) groups is 1. The first-order valence-corrected chi connectivity index (χ1v) is 11.6. The van der Waals surface area contributed by atoms with E-state index in [1.54, 1.807) is 17.3 Å². The van der Waals surface area contributed by atoms with Crippen LogP contribution in [-0.4, -0.2) is 52.1 Å². The van der Waals surface area contributed by atoms with E-state index in [9.17, 15) is 4.79 Å². The minimum atomic E-state index is -0.165. The topological polar surface area (TPSA) is 77.4 Å². The second-order valence-corrected chi connectivity index (χ2v) is 8.34. The number of rotatable bonds is 2. The Bertz CT molecular complexity index is 1280. The van der Waals surface area contributed by atoms with E-state index in [0.29, 0.717) is 45.0 Å². The molecule has 0 N–H and O–H groups in total. The molecule has 1 aliphatic rings. The van der Waals surface area contributed by atoms with Gasteiger partial charge in [0.2, 0.25) is 0 Å². The van der Waals surface area contributed by atoms with Crippen LogP contribution in [0.5, 0.6) is 5.75 Å². The largest absolute Gasteiger partial charge is 0.491 e. The molecule has 176 valence electrons. The summed E-state index contributed by atoms with van der Waals surface area (Å²) >= 11 is 0. The predicted molar refractivity (Wildman–Crippen MR) is 132 cm³/mol. The molecule has 1 amide bonds. The van der Waals surface area contributed by atoms with Gasteiger partial charge in [-0.2, -0.15) is 0 Å². The monoisotopic (exact) mass is 466 g/mol. The Balaban J connectivity index is 1.45. The highest BCUT2D eigenvalue weighted by Gasteiger charge is 2.18. The molecule has 1 aliphatic heterocycles. The zero-order chi connectivity index (χ0) is 23.9. The maximum absolute atomic E-state index is 13.1. The zero-order valence-corrected chi connectivity index (χ0v) is 19.3. The first-order valence-electron chi connectivity index (χ1n) is 11.6. The highest BCUT2D eigenvalue weighted by Crippen LogP contribution is 2.29. The zero-order valence-electron chi connectivity index (χ0n) is 19.3. The molecule has 0 unspecified atom stereocenters. The number of aromatic nitrogens is 3. The van der Waals surface area contributed by atoms with Crippen LogP contribution in [0.3, 0.4) is 0 Å². The Hall–Kier alpha value is -4.10. The SMILES string of the molecule is O=C(c1cnccn1)N1CCOCCOc2ccc(-c3cccnc3)cc2Cc2cccc(c2)C1. The fraction of sp³-hybridized carbons (Fsp3) is 0.214. The molecule has 2 aromatic carbocycles. The van der Waals surface area contributed by atoms with Gasteiger partial charge in [0.05, 0.1) is 19.4 Å². The number of pyridine rings is 1. The number of hydrogen-bond donors (Lipinski definition) is 0. The number of nitrogens with zero attached hydrogens (tertiary/aromatic N) is 4. The van der Waals surface area contributed by atoms with Gasteiger partial charge in [-0.15, -0.1) is 0 Å². The van der Waals surface area contributed by atoms with Gasteiger partial charge in [0.15, 0.2) is 0 Å². The van der Waals surface area contributed by atoms with Gasteiger partial charge in [-0.05, 0) is 40.5 Å². The standard InChI is InChI=1S/C28H26N4O3/c33-28(26-19-30-9-10-31-26)32-11-12-34-13-14-35-27-7-6-23(24-5-2-8-29-18-24)17-25(27)16-21-3-1-4-22(15-21)20-32/h1-10,15,17-19H,11-14,16,20H2. The van der Waals surface area contributed by atoms with E-state index in [1.165, 1.54) is 12.4 Å². The summed E-state index contributed by atoms with van der Waals surface area (Å²) in [4.78, 5) is 27.3. The maximum atomic E-state index is 13.1. The number of carbonyl (C=O) groups excluding carboxylic acids is 1. The Labute approximate surface area is 204 Å². The quantitative estimate of drug-likeness (QED) is 0.441. The van der Waals surface area contributed by atoms with Crippen molar-refractivity contribution in [3.05, 3.63) is 108 Å². The summed E-state index contributed by atoms with van der Waals surface area (Å²) < 4.78 is 11.9. The molecule has 5 rings (SSSR count). The highest BCUT2D eigenvalue weighted by atomic mass is 16.5. The second-order valence-electron chi connectivity index (χ2n) is 8.34. The van der Waals surface area contributed by atoms with E-state index in [4.69, 9.17) is 9.47 Å². The first kappa shape index (κ1) is 22.7. The van der Waals surface area contributed by atoms with Crippen LogP contribution < -0.4 is 4.74 Å². The molecule has 0 saturated heterocycles. The molecule has 35 heavy (non-hydrogen) atoms. The van der Waals surface area contributed by atoms with Crippen molar-refractivity contribution in [2.75, 3.05) is 26.4 Å². The Morgan fingerprint density at radius 2 is 1.74 bits per heavy atom. The summed E-state index contributed by atoms with van der Waals surface area (Å²) in [5.74, 6) is 0.685. The van der Waals surface area contributed by atoms with Gasteiger partial charge in [-0.1, -0.05) is 36.4 Å². The van der Waals surface area contributed by atoms with Crippen molar-refractivity contribution in [2.24, 2.45) is 0 Å². The molecule has 0 atom stereocenters. The molecule has 3 heterocycles. The molecule has 0 spiro atoms. The lowest BCUT2D eigenvalue weighted by atomic mass is 9.98. The van der Waals surface area contributed by atoms with Crippen molar-refractivity contribution in [3.63, 3.8) is 0 Å². The third kappa shape index (κ3) is 5.70. The van der Waals surface area contributed by atoms with Crippen molar-refractivity contribution in [1.29, 1.82) is 0 Å². The van der Waals surface area contributed by atoms with Crippen molar-refractivity contribution in [1.82, 2.24) is 19.9 Å². The van der Waals surface area contributed by atoms with Gasteiger partial charge in [0.25, 0.3) is 5.91 Å². The molecule has 0 aliphatic carbocycles. The van der Waals surface area contributed by atoms with Gasteiger partial charge in [0.1, 0.15) is 18.1 Å². The third-order valence-electron chi connectivity index (χ3n) is 5.88. The van der Waals surface area contributed by atoms with Crippen molar-refractivity contribution >= 4 is 5.91 Å². The van der Waals surface area contributed by atoms with Crippen LogP contribution in [0.15, 0.2) is 85.6 Å². The minimum Gasteiger partial charge on any atom is -0.491 e. The lowest BCUT2D eigenvalue weighted by molar-refractivity contribution is 0.0566. The molecular formula is C28H26N4O3. The second kappa shape index (κ2) is 10.9. The van der Waals surface area contributed by atoms with Crippen LogP contribution in [0.2, 0.25) is 0 Å². The summed E-state index contributed by atoms with van der Waals surface area (Å²) in [7, 11) is 0. The van der Waals surface area contributed by atoms with Crippen molar-refractivity contribution in [2.45, 2.75) is 13.0 Å². The number of fused-ring (bicyclic) bond motifs is 3. The number of hydrogen-bond acceptors (Lipinski definition) is 6. The molecule has 0 radical (unpaired) electrons. The van der Waals surface area contributed by atoms with E-state index in [1.807, 2.05) is 30.5 Å². The van der Waals surface area contributed by atoms with Crippen LogP contribution in [0.1, 0.15) is 27.2 Å². The Kier molecular flexibility index (Phi) is 7.05. The molecule has 2 aromatic heterocycles. The Morgan fingerprint density at radius 3 is 2.60 bits per heavy atom. The normalized spacial score (nSPS) is 14.3. The van der Waals surface area contributed by atoms with Crippen LogP contribution in [0.25, 0.3) is 11.1 Å². The fourth-order valence-electron chi connectivity index (χ4n) is 4.16. The van der Waals surface area contributed by atoms with E-state index in [0.717, 1.165) is 33.6 Å². The lowest BCUT2D eigenvalue weighted by Crippen LogP contribution is -2.34. The smallest absolute Gasteiger partial charge is 0.274 e. The van der Waals surface area contributed by atoms with Crippen molar-refractivity contribution in [3.8, 4) is 16.9 Å². The predicted octanol–water partition coefficient (Wildman–Crippen LogP) is 4.18. The summed E-state index contributed by atoms with van der Waals surface area (Å²) in [5.41, 5.74) is 5.76. The number of ether oxygens (including phenoxy) is 2. The molecular weight excluding hydrogens is 440 g/mol. The van der Waals surface area contributed by atoms with E-state index in [-0.39, 0.29) is 5.91 Å². The van der Waals surface area contributed by atoms with E-state index >= 15 is 0 Å². The highest BCUT2D eigenvalue weighted by molar-refractivity contribution is 5.91. The molecule has 4 aromatic rings. The van der Waals surface area contributed by atoms with Gasteiger partial charge in [-0.25, -0.2) is 4.98 Å². The van der Waals surface area contributed by atoms with Gasteiger partial charge >= 0.3 is 0 Å². The fourth-order valence-corrected chi connectivity index (χ4v) is 4.16. The molecule has 7 nitrogen and oxygen atoms in total.